The highest BCUT2D eigenvalue weighted by Gasteiger charge is 2.30. The molecule has 0 aromatic heterocycles. The second-order valence-electron chi connectivity index (χ2n) is 5.85. The third kappa shape index (κ3) is 4.30. The summed E-state index contributed by atoms with van der Waals surface area (Å²) < 4.78 is 0. The number of nitrogens with zero attached hydrogens (tertiary/aromatic N) is 1. The number of rotatable bonds is 5. The van der Waals surface area contributed by atoms with Crippen LogP contribution in [0.25, 0.3) is 0 Å². The van der Waals surface area contributed by atoms with Crippen LogP contribution in [-0.2, 0) is 4.79 Å². The van der Waals surface area contributed by atoms with Crippen LogP contribution in [0.3, 0.4) is 0 Å². The molecule has 1 aliphatic rings. The summed E-state index contributed by atoms with van der Waals surface area (Å²) in [6.45, 7) is 9.78. The van der Waals surface area contributed by atoms with E-state index in [9.17, 15) is 4.79 Å². The van der Waals surface area contributed by atoms with Crippen molar-refractivity contribution in [2.24, 2.45) is 11.8 Å². The van der Waals surface area contributed by atoms with Crippen molar-refractivity contribution in [3.05, 3.63) is 0 Å². The fourth-order valence-electron chi connectivity index (χ4n) is 3.48. The van der Waals surface area contributed by atoms with Crippen LogP contribution in [0.15, 0.2) is 0 Å². The van der Waals surface area contributed by atoms with Gasteiger partial charge >= 0.3 is 5.97 Å². The molecule has 1 rings (SSSR count). The molecule has 0 spiro atoms. The minimum atomic E-state index is -0.687. The molecule has 0 amide bonds. The van der Waals surface area contributed by atoms with Crippen molar-refractivity contribution in [2.75, 3.05) is 6.54 Å². The van der Waals surface area contributed by atoms with Crippen molar-refractivity contribution >= 4 is 5.97 Å². The van der Waals surface area contributed by atoms with Gasteiger partial charge in [0.15, 0.2) is 0 Å². The number of carboxylic acid groups (broad SMARTS) is 1. The van der Waals surface area contributed by atoms with Gasteiger partial charge in [0, 0.05) is 12.1 Å². The third-order valence-electron chi connectivity index (χ3n) is 4.02. The topological polar surface area (TPSA) is 40.5 Å². The van der Waals surface area contributed by atoms with E-state index in [1.54, 1.807) is 0 Å². The van der Waals surface area contributed by atoms with Crippen LogP contribution in [-0.4, -0.2) is 34.6 Å². The van der Waals surface area contributed by atoms with Crippen LogP contribution in [0.2, 0.25) is 0 Å². The monoisotopic (exact) mass is 241 g/mol. The first kappa shape index (κ1) is 14.5. The first-order valence-electron chi connectivity index (χ1n) is 6.91. The second kappa shape index (κ2) is 6.39. The molecule has 17 heavy (non-hydrogen) atoms. The van der Waals surface area contributed by atoms with Crippen molar-refractivity contribution < 1.29 is 9.90 Å². The predicted molar refractivity (Wildman–Crippen MR) is 70.1 cm³/mol. The van der Waals surface area contributed by atoms with Crippen molar-refractivity contribution in [2.45, 2.75) is 65.5 Å². The lowest BCUT2D eigenvalue weighted by atomic mass is 9.79. The summed E-state index contributed by atoms with van der Waals surface area (Å²) in [6, 6.07) is 0.730. The Kier molecular flexibility index (Phi) is 5.44. The zero-order valence-electron chi connectivity index (χ0n) is 11.6. The zero-order valence-corrected chi connectivity index (χ0v) is 11.6. The van der Waals surface area contributed by atoms with E-state index in [-0.39, 0.29) is 12.5 Å². The second-order valence-corrected chi connectivity index (χ2v) is 5.85. The Balaban J connectivity index is 2.62. The Bertz CT molecular complexity index is 245. The first-order chi connectivity index (χ1) is 7.93. The Labute approximate surface area is 105 Å². The van der Waals surface area contributed by atoms with Crippen LogP contribution >= 0.6 is 0 Å². The molecular formula is C14H27NO2. The molecule has 3 nitrogen and oxygen atoms in total. The largest absolute Gasteiger partial charge is 0.481 e. The van der Waals surface area contributed by atoms with Crippen LogP contribution in [0.1, 0.15) is 53.4 Å². The maximum Gasteiger partial charge on any atom is 0.304 e. The van der Waals surface area contributed by atoms with Gasteiger partial charge in [0.2, 0.25) is 0 Å². The molecule has 1 saturated carbocycles. The van der Waals surface area contributed by atoms with Gasteiger partial charge < -0.3 is 5.11 Å². The summed E-state index contributed by atoms with van der Waals surface area (Å²) in [7, 11) is 0. The van der Waals surface area contributed by atoms with Crippen molar-refractivity contribution in [1.29, 1.82) is 0 Å². The van der Waals surface area contributed by atoms with Gasteiger partial charge in [0.1, 0.15) is 0 Å². The van der Waals surface area contributed by atoms with Crippen LogP contribution in [0.4, 0.5) is 0 Å². The van der Waals surface area contributed by atoms with E-state index in [4.69, 9.17) is 5.11 Å². The predicted octanol–water partition coefficient (Wildman–Crippen LogP) is 3.00. The highest BCUT2D eigenvalue weighted by Crippen LogP contribution is 2.32. The van der Waals surface area contributed by atoms with Crippen molar-refractivity contribution in [3.63, 3.8) is 0 Å². The van der Waals surface area contributed by atoms with E-state index < -0.39 is 5.97 Å². The summed E-state index contributed by atoms with van der Waals surface area (Å²) >= 11 is 0. The number of hydrogen-bond acceptors (Lipinski definition) is 2. The average molecular weight is 241 g/mol. The Morgan fingerprint density at radius 2 is 1.82 bits per heavy atom. The first-order valence-corrected chi connectivity index (χ1v) is 6.91. The maximum absolute atomic E-state index is 10.8. The lowest BCUT2D eigenvalue weighted by molar-refractivity contribution is -0.138. The van der Waals surface area contributed by atoms with Gasteiger partial charge in [-0.1, -0.05) is 20.8 Å². The fraction of sp³-hybridized carbons (Fsp3) is 0.929. The zero-order chi connectivity index (χ0) is 13.0. The van der Waals surface area contributed by atoms with Crippen molar-refractivity contribution in [1.82, 2.24) is 4.90 Å². The molecule has 1 N–H and O–H groups in total. The van der Waals surface area contributed by atoms with Gasteiger partial charge in [-0.25, -0.2) is 0 Å². The van der Waals surface area contributed by atoms with Gasteiger partial charge in [-0.2, -0.15) is 0 Å². The molecule has 0 aliphatic heterocycles. The van der Waals surface area contributed by atoms with Gasteiger partial charge in [-0.3, -0.25) is 9.69 Å². The van der Waals surface area contributed by atoms with Crippen LogP contribution < -0.4 is 0 Å². The normalized spacial score (nSPS) is 31.5. The molecule has 0 saturated heterocycles. The highest BCUT2D eigenvalue weighted by atomic mass is 16.4. The van der Waals surface area contributed by atoms with Gasteiger partial charge in [0.25, 0.3) is 0 Å². The molecule has 0 aromatic rings. The summed E-state index contributed by atoms with van der Waals surface area (Å²) in [5.74, 6) is 0.859. The molecule has 3 atom stereocenters. The Morgan fingerprint density at radius 3 is 2.24 bits per heavy atom. The standard InChI is InChI=1S/C14H27NO2/c1-5-15(12(4)9-14(16)17)13-7-10(2)6-11(3)8-13/h10-13H,5-9H2,1-4H3,(H,16,17). The lowest BCUT2D eigenvalue weighted by Crippen LogP contribution is -2.46. The SMILES string of the molecule is CCN(C(C)CC(=O)O)C1CC(C)CC(C)C1. The minimum absolute atomic E-state index is 0.153. The molecule has 100 valence electrons. The molecule has 0 heterocycles. The third-order valence-corrected chi connectivity index (χ3v) is 4.02. The summed E-state index contributed by atoms with van der Waals surface area (Å²) in [6.07, 6.45) is 4.03. The minimum Gasteiger partial charge on any atom is -0.481 e. The highest BCUT2D eigenvalue weighted by molar-refractivity contribution is 5.67. The molecule has 3 unspecified atom stereocenters. The van der Waals surface area contributed by atoms with Crippen LogP contribution in [0, 0.1) is 11.8 Å². The van der Waals surface area contributed by atoms with E-state index in [2.05, 4.69) is 25.7 Å². The molecule has 3 heteroatoms. The van der Waals surface area contributed by atoms with E-state index in [0.717, 1.165) is 18.4 Å². The van der Waals surface area contributed by atoms with Gasteiger partial charge in [-0.15, -0.1) is 0 Å². The lowest BCUT2D eigenvalue weighted by Gasteiger charge is -2.41. The molecule has 0 radical (unpaired) electrons. The van der Waals surface area contributed by atoms with E-state index in [1.807, 2.05) is 6.92 Å². The number of carbonyl (C=O) groups is 1. The summed E-state index contributed by atoms with van der Waals surface area (Å²) in [5, 5.41) is 8.90. The smallest absolute Gasteiger partial charge is 0.304 e. The Morgan fingerprint density at radius 1 is 1.29 bits per heavy atom. The summed E-state index contributed by atoms with van der Waals surface area (Å²) in [4.78, 5) is 13.2. The van der Waals surface area contributed by atoms with Gasteiger partial charge in [0.05, 0.1) is 6.42 Å². The number of hydrogen-bond donors (Lipinski definition) is 1. The van der Waals surface area contributed by atoms with Crippen LogP contribution in [0.5, 0.6) is 0 Å². The average Bonchev–Trinajstić information content (AvgIpc) is 2.15. The fourth-order valence-corrected chi connectivity index (χ4v) is 3.48. The van der Waals surface area contributed by atoms with Gasteiger partial charge in [-0.05, 0) is 44.6 Å². The number of carboxylic acids is 1. The van der Waals surface area contributed by atoms with E-state index >= 15 is 0 Å². The molecule has 1 fully saturated rings. The Hall–Kier alpha value is -0.570. The van der Waals surface area contributed by atoms with E-state index in [1.165, 1.54) is 19.3 Å². The maximum atomic E-state index is 10.8. The van der Waals surface area contributed by atoms with Crippen molar-refractivity contribution in [3.8, 4) is 0 Å². The molecular weight excluding hydrogens is 214 g/mol. The number of aliphatic carboxylic acids is 1. The molecule has 0 bridgehead atoms. The quantitative estimate of drug-likeness (QED) is 0.804. The molecule has 0 aromatic carbocycles. The summed E-state index contributed by atoms with van der Waals surface area (Å²) in [5.41, 5.74) is 0. The van der Waals surface area contributed by atoms with E-state index in [0.29, 0.717) is 6.04 Å². The molecule has 1 aliphatic carbocycles.